The molecular formula is C12H26N2O. The summed E-state index contributed by atoms with van der Waals surface area (Å²) in [6, 6.07) is -0.433. The molecule has 0 aliphatic rings. The van der Waals surface area contributed by atoms with Crippen molar-refractivity contribution in [3.63, 3.8) is 0 Å². The van der Waals surface area contributed by atoms with Gasteiger partial charge in [-0.2, -0.15) is 0 Å². The molecule has 0 bridgehead atoms. The van der Waals surface area contributed by atoms with Gasteiger partial charge in [0, 0.05) is 6.54 Å². The van der Waals surface area contributed by atoms with Crippen LogP contribution in [-0.2, 0) is 4.79 Å². The van der Waals surface area contributed by atoms with Gasteiger partial charge in [0.1, 0.15) is 0 Å². The molecule has 0 saturated heterocycles. The second-order valence-corrected chi connectivity index (χ2v) is 5.81. The Morgan fingerprint density at radius 1 is 1.27 bits per heavy atom. The molecule has 0 aromatic rings. The maximum Gasteiger partial charge on any atom is 0.237 e. The standard InChI is InChI=1S/C12H26N2O/c1-8(2)9(3)7-14-11(15)10(13)12(4,5)6/h8-10H,7,13H2,1-6H3,(H,14,15)/t9?,10-/m1/s1. The van der Waals surface area contributed by atoms with E-state index in [2.05, 4.69) is 26.1 Å². The first kappa shape index (κ1) is 14.4. The highest BCUT2D eigenvalue weighted by atomic mass is 16.2. The van der Waals surface area contributed by atoms with Crippen molar-refractivity contribution in [3.8, 4) is 0 Å². The summed E-state index contributed by atoms with van der Waals surface area (Å²) in [7, 11) is 0. The van der Waals surface area contributed by atoms with Gasteiger partial charge in [0.2, 0.25) is 5.91 Å². The molecule has 0 saturated carbocycles. The highest BCUT2D eigenvalue weighted by Gasteiger charge is 2.27. The molecule has 0 aromatic carbocycles. The first-order chi connectivity index (χ1) is 6.66. The molecule has 0 heterocycles. The van der Waals surface area contributed by atoms with Crippen molar-refractivity contribution in [2.45, 2.75) is 47.6 Å². The van der Waals surface area contributed by atoms with Crippen molar-refractivity contribution in [1.82, 2.24) is 5.32 Å². The molecule has 0 fully saturated rings. The fraction of sp³-hybridized carbons (Fsp3) is 0.917. The molecule has 0 spiro atoms. The molecule has 0 rings (SSSR count). The lowest BCUT2D eigenvalue weighted by molar-refractivity contribution is -0.124. The number of hydrogen-bond acceptors (Lipinski definition) is 2. The molecule has 15 heavy (non-hydrogen) atoms. The lowest BCUT2D eigenvalue weighted by Crippen LogP contribution is -2.49. The van der Waals surface area contributed by atoms with E-state index < -0.39 is 6.04 Å². The molecule has 3 heteroatoms. The SMILES string of the molecule is CC(C)C(C)CNC(=O)[C@@H](N)C(C)(C)C. The van der Waals surface area contributed by atoms with Gasteiger partial charge in [-0.25, -0.2) is 0 Å². The average molecular weight is 214 g/mol. The summed E-state index contributed by atoms with van der Waals surface area (Å²) in [4.78, 5) is 11.7. The van der Waals surface area contributed by atoms with Gasteiger partial charge >= 0.3 is 0 Å². The number of hydrogen-bond donors (Lipinski definition) is 2. The van der Waals surface area contributed by atoms with Gasteiger partial charge in [-0.3, -0.25) is 4.79 Å². The zero-order valence-electron chi connectivity index (χ0n) is 10.9. The summed E-state index contributed by atoms with van der Waals surface area (Å²) in [6.07, 6.45) is 0. The van der Waals surface area contributed by atoms with Crippen LogP contribution in [0.2, 0.25) is 0 Å². The first-order valence-electron chi connectivity index (χ1n) is 5.69. The quantitative estimate of drug-likeness (QED) is 0.749. The van der Waals surface area contributed by atoms with Gasteiger partial charge in [0.25, 0.3) is 0 Å². The smallest absolute Gasteiger partial charge is 0.237 e. The van der Waals surface area contributed by atoms with Crippen LogP contribution in [0, 0.1) is 17.3 Å². The van der Waals surface area contributed by atoms with Crippen molar-refractivity contribution in [2.24, 2.45) is 23.0 Å². The second-order valence-electron chi connectivity index (χ2n) is 5.81. The lowest BCUT2D eigenvalue weighted by Gasteiger charge is -2.26. The van der Waals surface area contributed by atoms with E-state index in [1.54, 1.807) is 0 Å². The Bertz CT molecular complexity index is 206. The van der Waals surface area contributed by atoms with Crippen LogP contribution in [-0.4, -0.2) is 18.5 Å². The zero-order valence-corrected chi connectivity index (χ0v) is 10.9. The molecule has 2 atom stereocenters. The molecule has 1 amide bonds. The van der Waals surface area contributed by atoms with E-state index in [0.29, 0.717) is 18.4 Å². The number of carbonyl (C=O) groups is 1. The van der Waals surface area contributed by atoms with Gasteiger partial charge in [0.05, 0.1) is 6.04 Å². The lowest BCUT2D eigenvalue weighted by atomic mass is 9.87. The molecule has 0 aromatic heterocycles. The number of nitrogens with two attached hydrogens (primary N) is 1. The molecule has 1 unspecified atom stereocenters. The summed E-state index contributed by atoms with van der Waals surface area (Å²) in [5.41, 5.74) is 5.67. The third kappa shape index (κ3) is 5.17. The normalized spacial score (nSPS) is 16.3. The summed E-state index contributed by atoms with van der Waals surface area (Å²) in [5, 5.41) is 2.91. The van der Waals surface area contributed by atoms with E-state index in [4.69, 9.17) is 5.73 Å². The van der Waals surface area contributed by atoms with Crippen LogP contribution in [0.3, 0.4) is 0 Å². The van der Waals surface area contributed by atoms with Crippen LogP contribution in [0.4, 0.5) is 0 Å². The van der Waals surface area contributed by atoms with Crippen molar-refractivity contribution in [3.05, 3.63) is 0 Å². The van der Waals surface area contributed by atoms with Crippen molar-refractivity contribution in [2.75, 3.05) is 6.54 Å². The highest BCUT2D eigenvalue weighted by Crippen LogP contribution is 2.17. The van der Waals surface area contributed by atoms with Crippen molar-refractivity contribution < 1.29 is 4.79 Å². The largest absolute Gasteiger partial charge is 0.354 e. The van der Waals surface area contributed by atoms with Crippen LogP contribution in [0.15, 0.2) is 0 Å². The number of amides is 1. The molecule has 3 nitrogen and oxygen atoms in total. The van der Waals surface area contributed by atoms with Gasteiger partial charge in [0.15, 0.2) is 0 Å². The molecule has 90 valence electrons. The third-order valence-electron chi connectivity index (χ3n) is 2.95. The fourth-order valence-electron chi connectivity index (χ4n) is 1.00. The molecule has 0 aliphatic carbocycles. The Kier molecular flexibility index (Phi) is 5.29. The average Bonchev–Trinajstić information content (AvgIpc) is 2.10. The monoisotopic (exact) mass is 214 g/mol. The predicted octanol–water partition coefficient (Wildman–Crippen LogP) is 1.77. The minimum absolute atomic E-state index is 0.0463. The Labute approximate surface area is 93.8 Å². The van der Waals surface area contributed by atoms with E-state index in [9.17, 15) is 4.79 Å². The fourth-order valence-corrected chi connectivity index (χ4v) is 1.00. The van der Waals surface area contributed by atoms with Gasteiger partial charge in [-0.15, -0.1) is 0 Å². The van der Waals surface area contributed by atoms with Crippen molar-refractivity contribution in [1.29, 1.82) is 0 Å². The molecular weight excluding hydrogens is 188 g/mol. The van der Waals surface area contributed by atoms with Crippen LogP contribution in [0.1, 0.15) is 41.5 Å². The van der Waals surface area contributed by atoms with Gasteiger partial charge < -0.3 is 11.1 Å². The number of carbonyl (C=O) groups excluding carboxylic acids is 1. The third-order valence-corrected chi connectivity index (χ3v) is 2.95. The molecule has 3 N–H and O–H groups in total. The maximum atomic E-state index is 11.7. The number of rotatable bonds is 4. The van der Waals surface area contributed by atoms with Gasteiger partial charge in [-0.1, -0.05) is 41.5 Å². The Morgan fingerprint density at radius 3 is 2.07 bits per heavy atom. The minimum Gasteiger partial charge on any atom is -0.354 e. The molecule has 0 radical (unpaired) electrons. The van der Waals surface area contributed by atoms with Crippen LogP contribution in [0.5, 0.6) is 0 Å². The Hall–Kier alpha value is -0.570. The van der Waals surface area contributed by atoms with E-state index in [-0.39, 0.29) is 11.3 Å². The topological polar surface area (TPSA) is 55.1 Å². The van der Waals surface area contributed by atoms with Gasteiger partial charge in [-0.05, 0) is 17.3 Å². The zero-order chi connectivity index (χ0) is 12.2. The summed E-state index contributed by atoms with van der Waals surface area (Å²) >= 11 is 0. The van der Waals surface area contributed by atoms with E-state index in [1.165, 1.54) is 0 Å². The predicted molar refractivity (Wildman–Crippen MR) is 64.4 cm³/mol. The minimum atomic E-state index is -0.433. The Morgan fingerprint density at radius 2 is 1.73 bits per heavy atom. The first-order valence-corrected chi connectivity index (χ1v) is 5.69. The van der Waals surface area contributed by atoms with E-state index in [0.717, 1.165) is 0 Å². The van der Waals surface area contributed by atoms with E-state index >= 15 is 0 Å². The summed E-state index contributed by atoms with van der Waals surface area (Å²) in [6.45, 7) is 13.1. The van der Waals surface area contributed by atoms with E-state index in [1.807, 2.05) is 20.8 Å². The molecule has 0 aliphatic heterocycles. The van der Waals surface area contributed by atoms with Crippen LogP contribution >= 0.6 is 0 Å². The Balaban J connectivity index is 4.05. The van der Waals surface area contributed by atoms with Crippen molar-refractivity contribution >= 4 is 5.91 Å². The van der Waals surface area contributed by atoms with Crippen LogP contribution in [0.25, 0.3) is 0 Å². The highest BCUT2D eigenvalue weighted by molar-refractivity contribution is 5.82. The van der Waals surface area contributed by atoms with Crippen LogP contribution < -0.4 is 11.1 Å². The maximum absolute atomic E-state index is 11.7. The second kappa shape index (κ2) is 5.50. The summed E-state index contributed by atoms with van der Waals surface area (Å²) < 4.78 is 0. The summed E-state index contributed by atoms with van der Waals surface area (Å²) in [5.74, 6) is 1.02. The number of nitrogens with one attached hydrogen (secondary N) is 1.